The monoisotopic (exact) mass is 418 g/mol. The Hall–Kier alpha value is -2.56. The van der Waals surface area contributed by atoms with Crippen LogP contribution in [0.1, 0.15) is 29.1 Å². The van der Waals surface area contributed by atoms with Crippen molar-refractivity contribution in [3.8, 4) is 10.7 Å². The highest BCUT2D eigenvalue weighted by Gasteiger charge is 2.27. The number of nitrogens with zero attached hydrogens (tertiary/aromatic N) is 3. The standard InChI is InChI=1S/C18H18N4O4S2/c23-18(19-12-16-20-17(21-26-16)15-7-4-10-27-15)13-5-3-6-14(11-13)28(24,25)22-8-1-2-9-22/h3-7,10-11H,1-2,8-9,12H2,(H,19,23). The molecule has 0 atom stereocenters. The fourth-order valence-corrected chi connectivity index (χ4v) is 5.18. The number of hydrogen-bond acceptors (Lipinski definition) is 7. The van der Waals surface area contributed by atoms with Crippen LogP contribution >= 0.6 is 11.3 Å². The normalized spacial score (nSPS) is 15.0. The predicted octanol–water partition coefficient (Wildman–Crippen LogP) is 2.51. The lowest BCUT2D eigenvalue weighted by Gasteiger charge is -2.15. The minimum absolute atomic E-state index is 0.0559. The molecule has 3 aromatic rings. The van der Waals surface area contributed by atoms with Crippen molar-refractivity contribution in [2.45, 2.75) is 24.3 Å². The zero-order valence-corrected chi connectivity index (χ0v) is 16.5. The Labute approximate surface area is 166 Å². The number of aromatic nitrogens is 2. The summed E-state index contributed by atoms with van der Waals surface area (Å²) in [5, 5.41) is 8.48. The van der Waals surface area contributed by atoms with Crippen LogP contribution in [0.2, 0.25) is 0 Å². The Morgan fingerprint density at radius 1 is 1.21 bits per heavy atom. The molecule has 1 amide bonds. The molecule has 0 unspecified atom stereocenters. The summed E-state index contributed by atoms with van der Waals surface area (Å²) in [5.74, 6) is 0.338. The van der Waals surface area contributed by atoms with Gasteiger partial charge < -0.3 is 9.84 Å². The summed E-state index contributed by atoms with van der Waals surface area (Å²) in [4.78, 5) is 17.7. The van der Waals surface area contributed by atoms with E-state index in [9.17, 15) is 13.2 Å². The quantitative estimate of drug-likeness (QED) is 0.659. The van der Waals surface area contributed by atoms with E-state index in [0.717, 1.165) is 17.7 Å². The number of nitrogens with one attached hydrogen (secondary N) is 1. The number of carbonyl (C=O) groups excluding carboxylic acids is 1. The Morgan fingerprint density at radius 3 is 2.79 bits per heavy atom. The topological polar surface area (TPSA) is 105 Å². The minimum Gasteiger partial charge on any atom is -0.343 e. The molecule has 0 spiro atoms. The van der Waals surface area contributed by atoms with Crippen molar-refractivity contribution >= 4 is 27.3 Å². The first-order valence-electron chi connectivity index (χ1n) is 8.79. The second-order valence-electron chi connectivity index (χ2n) is 6.31. The molecule has 0 aliphatic carbocycles. The molecule has 2 aromatic heterocycles. The third-order valence-electron chi connectivity index (χ3n) is 4.41. The predicted molar refractivity (Wildman–Crippen MR) is 103 cm³/mol. The van der Waals surface area contributed by atoms with Crippen LogP contribution in [0.5, 0.6) is 0 Å². The van der Waals surface area contributed by atoms with Gasteiger partial charge in [-0.1, -0.05) is 17.3 Å². The number of rotatable bonds is 6. The molecule has 28 heavy (non-hydrogen) atoms. The van der Waals surface area contributed by atoms with Gasteiger partial charge in [-0.2, -0.15) is 9.29 Å². The number of hydrogen-bond donors (Lipinski definition) is 1. The molecule has 0 saturated carbocycles. The molecule has 3 heterocycles. The second kappa shape index (κ2) is 7.82. The molecule has 1 aliphatic rings. The van der Waals surface area contributed by atoms with Crippen LogP contribution in [-0.4, -0.2) is 41.9 Å². The summed E-state index contributed by atoms with van der Waals surface area (Å²) in [6.45, 7) is 1.09. The molecule has 1 fully saturated rings. The maximum atomic E-state index is 12.7. The van der Waals surface area contributed by atoms with E-state index in [1.807, 2.05) is 17.5 Å². The third kappa shape index (κ3) is 3.84. The number of benzene rings is 1. The van der Waals surface area contributed by atoms with Gasteiger partial charge in [-0.3, -0.25) is 4.79 Å². The van der Waals surface area contributed by atoms with Gasteiger partial charge in [0.2, 0.25) is 21.7 Å². The molecule has 0 bridgehead atoms. The summed E-state index contributed by atoms with van der Waals surface area (Å²) < 4.78 is 31.9. The number of sulfonamides is 1. The lowest BCUT2D eigenvalue weighted by Crippen LogP contribution is -2.28. The number of thiophene rings is 1. The van der Waals surface area contributed by atoms with Gasteiger partial charge in [0.05, 0.1) is 16.3 Å². The molecule has 4 rings (SSSR count). The SMILES string of the molecule is O=C(NCc1nc(-c2cccs2)no1)c1cccc(S(=O)(=O)N2CCCC2)c1. The van der Waals surface area contributed by atoms with E-state index in [0.29, 0.717) is 18.9 Å². The number of carbonyl (C=O) groups is 1. The Kier molecular flexibility index (Phi) is 5.25. The van der Waals surface area contributed by atoms with E-state index in [1.165, 1.54) is 27.8 Å². The van der Waals surface area contributed by atoms with Crippen molar-refractivity contribution in [2.24, 2.45) is 0 Å². The molecule has 1 aromatic carbocycles. The van der Waals surface area contributed by atoms with Crippen molar-refractivity contribution in [1.82, 2.24) is 19.8 Å². The van der Waals surface area contributed by atoms with Crippen LogP contribution in [0, 0.1) is 0 Å². The van der Waals surface area contributed by atoms with E-state index in [-0.39, 0.29) is 22.9 Å². The van der Waals surface area contributed by atoms with Crippen LogP contribution in [0.15, 0.2) is 51.2 Å². The van der Waals surface area contributed by atoms with E-state index in [1.54, 1.807) is 12.1 Å². The van der Waals surface area contributed by atoms with Crippen molar-refractivity contribution < 1.29 is 17.7 Å². The first-order valence-corrected chi connectivity index (χ1v) is 11.1. The first-order chi connectivity index (χ1) is 13.5. The lowest BCUT2D eigenvalue weighted by molar-refractivity contribution is 0.0946. The van der Waals surface area contributed by atoms with Crippen molar-refractivity contribution in [2.75, 3.05) is 13.1 Å². The summed E-state index contributed by atoms with van der Waals surface area (Å²) in [5.41, 5.74) is 0.262. The van der Waals surface area contributed by atoms with Gasteiger partial charge in [0.15, 0.2) is 0 Å². The van der Waals surface area contributed by atoms with Gasteiger partial charge in [0.25, 0.3) is 5.91 Å². The highest BCUT2D eigenvalue weighted by molar-refractivity contribution is 7.89. The largest absolute Gasteiger partial charge is 0.343 e. The van der Waals surface area contributed by atoms with Crippen LogP contribution in [0.4, 0.5) is 0 Å². The van der Waals surface area contributed by atoms with Gasteiger partial charge in [0, 0.05) is 18.7 Å². The van der Waals surface area contributed by atoms with Crippen LogP contribution in [0.25, 0.3) is 10.7 Å². The van der Waals surface area contributed by atoms with Crippen molar-refractivity contribution in [3.63, 3.8) is 0 Å². The fraction of sp³-hybridized carbons (Fsp3) is 0.278. The average Bonchev–Trinajstić information content (AvgIpc) is 3.48. The molecule has 1 N–H and O–H groups in total. The summed E-state index contributed by atoms with van der Waals surface area (Å²) in [7, 11) is -3.57. The molecule has 10 heteroatoms. The molecule has 1 aliphatic heterocycles. The maximum Gasteiger partial charge on any atom is 0.251 e. The highest BCUT2D eigenvalue weighted by Crippen LogP contribution is 2.22. The fourth-order valence-electron chi connectivity index (χ4n) is 2.97. The molecular weight excluding hydrogens is 400 g/mol. The van der Waals surface area contributed by atoms with E-state index >= 15 is 0 Å². The van der Waals surface area contributed by atoms with Gasteiger partial charge in [-0.15, -0.1) is 11.3 Å². The van der Waals surface area contributed by atoms with Crippen LogP contribution < -0.4 is 5.32 Å². The van der Waals surface area contributed by atoms with E-state index in [4.69, 9.17) is 4.52 Å². The van der Waals surface area contributed by atoms with E-state index in [2.05, 4.69) is 15.5 Å². The molecule has 0 radical (unpaired) electrons. The molecule has 8 nitrogen and oxygen atoms in total. The van der Waals surface area contributed by atoms with Crippen molar-refractivity contribution in [3.05, 3.63) is 53.2 Å². The number of amides is 1. The zero-order chi connectivity index (χ0) is 19.6. The van der Waals surface area contributed by atoms with Gasteiger partial charge >= 0.3 is 0 Å². The molecular formula is C18H18N4O4S2. The van der Waals surface area contributed by atoms with Gasteiger partial charge in [-0.05, 0) is 42.5 Å². The molecule has 146 valence electrons. The van der Waals surface area contributed by atoms with Gasteiger partial charge in [0.1, 0.15) is 0 Å². The Morgan fingerprint density at radius 2 is 2.04 bits per heavy atom. The van der Waals surface area contributed by atoms with Crippen LogP contribution in [-0.2, 0) is 16.6 Å². The third-order valence-corrected chi connectivity index (χ3v) is 7.17. The average molecular weight is 419 g/mol. The summed E-state index contributed by atoms with van der Waals surface area (Å²) in [6.07, 6.45) is 1.72. The first kappa shape index (κ1) is 18.8. The second-order valence-corrected chi connectivity index (χ2v) is 9.20. The van der Waals surface area contributed by atoms with Crippen LogP contribution in [0.3, 0.4) is 0 Å². The Balaban J connectivity index is 1.44. The lowest BCUT2D eigenvalue weighted by atomic mass is 10.2. The Bertz CT molecular complexity index is 1070. The zero-order valence-electron chi connectivity index (χ0n) is 14.9. The summed E-state index contributed by atoms with van der Waals surface area (Å²) in [6, 6.07) is 9.82. The minimum atomic E-state index is -3.57. The molecule has 1 saturated heterocycles. The van der Waals surface area contributed by atoms with Gasteiger partial charge in [-0.25, -0.2) is 8.42 Å². The summed E-state index contributed by atoms with van der Waals surface area (Å²) >= 11 is 1.49. The maximum absolute atomic E-state index is 12.7. The highest BCUT2D eigenvalue weighted by atomic mass is 32.2. The smallest absolute Gasteiger partial charge is 0.251 e. The van der Waals surface area contributed by atoms with Crippen molar-refractivity contribution in [1.29, 1.82) is 0 Å². The van der Waals surface area contributed by atoms with E-state index < -0.39 is 15.9 Å².